The van der Waals surface area contributed by atoms with Crippen LogP contribution >= 0.6 is 11.6 Å². The van der Waals surface area contributed by atoms with E-state index in [2.05, 4.69) is 5.10 Å². The van der Waals surface area contributed by atoms with Crippen LogP contribution < -0.4 is 15.1 Å². The van der Waals surface area contributed by atoms with Gasteiger partial charge in [-0.1, -0.05) is 35.9 Å². The topological polar surface area (TPSA) is 84.7 Å². The van der Waals surface area contributed by atoms with Crippen molar-refractivity contribution in [2.75, 3.05) is 25.5 Å². The van der Waals surface area contributed by atoms with Crippen LogP contribution in [0.3, 0.4) is 0 Å². The molecule has 0 unspecified atom stereocenters. The molecular formula is C23H21ClN4O4. The van der Waals surface area contributed by atoms with Crippen LogP contribution in [0.25, 0.3) is 5.69 Å². The van der Waals surface area contributed by atoms with Gasteiger partial charge in [0.05, 0.1) is 22.9 Å². The van der Waals surface area contributed by atoms with Gasteiger partial charge < -0.3 is 9.64 Å². The molecule has 9 heteroatoms. The van der Waals surface area contributed by atoms with Crippen molar-refractivity contribution in [3.63, 3.8) is 0 Å². The van der Waals surface area contributed by atoms with Crippen LogP contribution in [-0.4, -0.2) is 53.2 Å². The first-order valence-electron chi connectivity index (χ1n) is 9.92. The van der Waals surface area contributed by atoms with Gasteiger partial charge in [0.2, 0.25) is 5.43 Å². The number of amides is 2. The lowest BCUT2D eigenvalue weighted by Crippen LogP contribution is -2.51. The molecule has 4 rings (SSSR count). The molecular weight excluding hydrogens is 432 g/mol. The first-order valence-corrected chi connectivity index (χ1v) is 10.3. The van der Waals surface area contributed by atoms with E-state index in [1.165, 1.54) is 20.5 Å². The second-order valence-electron chi connectivity index (χ2n) is 7.58. The quantitative estimate of drug-likeness (QED) is 0.610. The van der Waals surface area contributed by atoms with E-state index in [-0.39, 0.29) is 18.1 Å². The summed E-state index contributed by atoms with van der Waals surface area (Å²) < 4.78 is 7.29. The fourth-order valence-corrected chi connectivity index (χ4v) is 3.75. The fraction of sp³-hybridized carbons (Fsp3) is 0.217. The molecule has 1 aromatic heterocycles. The van der Waals surface area contributed by atoms with Crippen LogP contribution in [0.5, 0.6) is 5.75 Å². The Morgan fingerprint density at radius 3 is 2.44 bits per heavy atom. The Labute approximate surface area is 189 Å². The third-order valence-electron chi connectivity index (χ3n) is 5.13. The van der Waals surface area contributed by atoms with Gasteiger partial charge in [-0.2, -0.15) is 5.10 Å². The number of carbonyl (C=O) groups is 2. The van der Waals surface area contributed by atoms with Gasteiger partial charge in [0.1, 0.15) is 5.75 Å². The van der Waals surface area contributed by atoms with Gasteiger partial charge in [-0.25, -0.2) is 4.68 Å². The number of rotatable bonds is 3. The number of halogens is 1. The number of benzene rings is 2. The highest BCUT2D eigenvalue weighted by atomic mass is 35.5. The number of aryl methyl sites for hydroxylation is 1. The summed E-state index contributed by atoms with van der Waals surface area (Å²) in [6.07, 6.45) is -0.903. The number of anilines is 1. The minimum absolute atomic E-state index is 0.0477. The molecule has 0 saturated carbocycles. The summed E-state index contributed by atoms with van der Waals surface area (Å²) in [4.78, 5) is 41.6. The molecule has 0 bridgehead atoms. The number of fused-ring (bicyclic) bond motifs is 1. The highest BCUT2D eigenvalue weighted by Crippen LogP contribution is 2.34. The summed E-state index contributed by atoms with van der Waals surface area (Å²) in [5, 5.41) is 4.78. The second kappa shape index (κ2) is 8.47. The zero-order chi connectivity index (χ0) is 23.0. The van der Waals surface area contributed by atoms with E-state index in [1.807, 2.05) is 0 Å². The van der Waals surface area contributed by atoms with Gasteiger partial charge in [0.25, 0.3) is 11.8 Å². The predicted molar refractivity (Wildman–Crippen MR) is 121 cm³/mol. The molecule has 0 spiro atoms. The number of nitrogens with zero attached hydrogens (tertiary/aromatic N) is 4. The minimum Gasteiger partial charge on any atom is -0.476 e. The molecule has 0 N–H and O–H groups in total. The minimum atomic E-state index is -0.903. The molecule has 32 heavy (non-hydrogen) atoms. The first-order chi connectivity index (χ1) is 15.3. The van der Waals surface area contributed by atoms with Crippen LogP contribution in [0.1, 0.15) is 16.2 Å². The Kier molecular flexibility index (Phi) is 5.71. The van der Waals surface area contributed by atoms with E-state index in [4.69, 9.17) is 16.3 Å². The zero-order valence-electron chi connectivity index (χ0n) is 17.8. The average Bonchev–Trinajstić information content (AvgIpc) is 2.78. The van der Waals surface area contributed by atoms with Gasteiger partial charge >= 0.3 is 0 Å². The molecule has 2 heterocycles. The molecule has 1 aliphatic heterocycles. The SMILES string of the molecule is Cc1cc(=O)c(C(=O)N2C[C@H](C(=O)N(C)C)Oc3ccccc32)nn1-c1ccccc1Cl. The Bertz CT molecular complexity index is 1270. The van der Waals surface area contributed by atoms with Crippen molar-refractivity contribution in [2.24, 2.45) is 0 Å². The van der Waals surface area contributed by atoms with Crippen molar-refractivity contribution >= 4 is 29.1 Å². The normalized spacial score (nSPS) is 15.0. The van der Waals surface area contributed by atoms with E-state index in [0.29, 0.717) is 27.8 Å². The number of hydrogen-bond acceptors (Lipinski definition) is 5. The predicted octanol–water partition coefficient (Wildman–Crippen LogP) is 2.69. The molecule has 0 radical (unpaired) electrons. The molecule has 0 saturated heterocycles. The van der Waals surface area contributed by atoms with Crippen molar-refractivity contribution in [1.82, 2.24) is 14.7 Å². The highest BCUT2D eigenvalue weighted by molar-refractivity contribution is 6.32. The fourth-order valence-electron chi connectivity index (χ4n) is 3.53. The van der Waals surface area contributed by atoms with E-state index >= 15 is 0 Å². The smallest absolute Gasteiger partial charge is 0.283 e. The molecule has 0 aliphatic carbocycles. The number of hydrogen-bond donors (Lipinski definition) is 0. The molecule has 2 amide bonds. The number of ether oxygens (including phenoxy) is 1. The van der Waals surface area contributed by atoms with Crippen LogP contribution in [0.15, 0.2) is 59.4 Å². The van der Waals surface area contributed by atoms with E-state index < -0.39 is 17.4 Å². The first kappa shape index (κ1) is 21.6. The van der Waals surface area contributed by atoms with E-state index in [1.54, 1.807) is 69.6 Å². The summed E-state index contributed by atoms with van der Waals surface area (Å²) in [7, 11) is 3.23. The average molecular weight is 453 g/mol. The van der Waals surface area contributed by atoms with Crippen LogP contribution in [0.2, 0.25) is 5.02 Å². The summed E-state index contributed by atoms with van der Waals surface area (Å²) in [5.74, 6) is -0.531. The van der Waals surface area contributed by atoms with Gasteiger partial charge in [0, 0.05) is 25.9 Å². The van der Waals surface area contributed by atoms with Crippen molar-refractivity contribution < 1.29 is 14.3 Å². The van der Waals surface area contributed by atoms with Crippen molar-refractivity contribution in [1.29, 1.82) is 0 Å². The van der Waals surface area contributed by atoms with Crippen LogP contribution in [0.4, 0.5) is 5.69 Å². The Morgan fingerprint density at radius 1 is 1.09 bits per heavy atom. The summed E-state index contributed by atoms with van der Waals surface area (Å²) in [6.45, 7) is 1.66. The Morgan fingerprint density at radius 2 is 1.75 bits per heavy atom. The van der Waals surface area contributed by atoms with Crippen molar-refractivity contribution in [2.45, 2.75) is 13.0 Å². The number of para-hydroxylation sites is 3. The van der Waals surface area contributed by atoms with Crippen molar-refractivity contribution in [3.05, 3.63) is 81.2 Å². The highest BCUT2D eigenvalue weighted by Gasteiger charge is 2.36. The molecule has 0 fully saturated rings. The second-order valence-corrected chi connectivity index (χ2v) is 7.99. The Hall–Kier alpha value is -3.65. The molecule has 1 aliphatic rings. The molecule has 8 nitrogen and oxygen atoms in total. The maximum atomic E-state index is 13.5. The Balaban J connectivity index is 1.80. The third kappa shape index (κ3) is 3.85. The standard InChI is InChI=1S/C23H21ClN4O4/c1-14-12-18(29)21(25-28(14)16-9-5-4-8-15(16)24)23(31)27-13-20(22(30)26(2)3)32-19-11-7-6-10-17(19)27/h4-12,20H,13H2,1-3H3/t20-/m1/s1. The van der Waals surface area contributed by atoms with Gasteiger partial charge in [-0.3, -0.25) is 19.3 Å². The van der Waals surface area contributed by atoms with E-state index in [0.717, 1.165) is 0 Å². The molecule has 164 valence electrons. The van der Waals surface area contributed by atoms with Gasteiger partial charge in [0.15, 0.2) is 11.8 Å². The number of likely N-dealkylation sites (N-methyl/N-ethyl adjacent to an activating group) is 1. The molecule has 2 aromatic carbocycles. The van der Waals surface area contributed by atoms with Gasteiger partial charge in [-0.15, -0.1) is 0 Å². The monoisotopic (exact) mass is 452 g/mol. The van der Waals surface area contributed by atoms with Crippen molar-refractivity contribution in [3.8, 4) is 11.4 Å². The summed E-state index contributed by atoms with van der Waals surface area (Å²) in [5.41, 5.74) is 0.747. The number of aromatic nitrogens is 2. The lowest BCUT2D eigenvalue weighted by molar-refractivity contribution is -0.135. The largest absolute Gasteiger partial charge is 0.476 e. The number of carbonyl (C=O) groups excluding carboxylic acids is 2. The van der Waals surface area contributed by atoms with Crippen LogP contribution in [-0.2, 0) is 4.79 Å². The van der Waals surface area contributed by atoms with E-state index in [9.17, 15) is 14.4 Å². The third-order valence-corrected chi connectivity index (χ3v) is 5.45. The maximum Gasteiger partial charge on any atom is 0.283 e. The van der Waals surface area contributed by atoms with Crippen LogP contribution in [0, 0.1) is 6.92 Å². The maximum absolute atomic E-state index is 13.5. The van der Waals surface area contributed by atoms with Gasteiger partial charge in [-0.05, 0) is 31.2 Å². The zero-order valence-corrected chi connectivity index (χ0v) is 18.5. The molecule has 1 atom stereocenters. The summed E-state index contributed by atoms with van der Waals surface area (Å²) in [6, 6.07) is 15.2. The summed E-state index contributed by atoms with van der Waals surface area (Å²) >= 11 is 6.31. The lowest BCUT2D eigenvalue weighted by atomic mass is 10.1. The lowest BCUT2D eigenvalue weighted by Gasteiger charge is -2.34. The molecule has 3 aromatic rings.